The highest BCUT2D eigenvalue weighted by atomic mass is 16.5. The van der Waals surface area contributed by atoms with E-state index < -0.39 is 17.7 Å². The Labute approximate surface area is 222 Å². The van der Waals surface area contributed by atoms with Crippen molar-refractivity contribution in [2.45, 2.75) is 19.6 Å². The minimum absolute atomic E-state index is 0.0478. The number of Topliss-reactive ketones (excluding diaryl/α,β-unsaturated/α-hetero) is 1. The van der Waals surface area contributed by atoms with Gasteiger partial charge in [-0.1, -0.05) is 42.0 Å². The standard InChI is InChI=1S/C30H31NO7/c1-19-8-10-20(11-9-19)18-38-23-7-5-6-21(16-23)27-26(29(33)30(34)31(27)14-15-35-2)28(32)24-17-22(36-3)12-13-25(24)37-4/h5-13,16-17,27,32H,14-15,18H2,1-4H3/b28-26+. The largest absolute Gasteiger partial charge is 0.507 e. The molecule has 3 aromatic rings. The van der Waals surface area contributed by atoms with Gasteiger partial charge in [0.2, 0.25) is 0 Å². The second kappa shape index (κ2) is 11.8. The van der Waals surface area contributed by atoms with Crippen molar-refractivity contribution in [3.63, 3.8) is 0 Å². The lowest BCUT2D eigenvalue weighted by Gasteiger charge is -2.25. The van der Waals surface area contributed by atoms with E-state index in [1.165, 1.54) is 26.2 Å². The maximum atomic E-state index is 13.3. The Balaban J connectivity index is 1.77. The molecule has 0 aliphatic carbocycles. The average molecular weight is 518 g/mol. The van der Waals surface area contributed by atoms with Crippen molar-refractivity contribution >= 4 is 17.4 Å². The predicted octanol–water partition coefficient (Wildman–Crippen LogP) is 4.66. The number of rotatable bonds is 10. The van der Waals surface area contributed by atoms with E-state index in [4.69, 9.17) is 18.9 Å². The Kier molecular flexibility index (Phi) is 8.33. The molecule has 198 valence electrons. The van der Waals surface area contributed by atoms with Crippen molar-refractivity contribution in [1.29, 1.82) is 0 Å². The number of benzene rings is 3. The summed E-state index contributed by atoms with van der Waals surface area (Å²) in [4.78, 5) is 27.8. The van der Waals surface area contributed by atoms with E-state index in [0.29, 0.717) is 29.4 Å². The van der Waals surface area contributed by atoms with Crippen LogP contribution in [0, 0.1) is 6.92 Å². The van der Waals surface area contributed by atoms with E-state index in [1.54, 1.807) is 36.4 Å². The van der Waals surface area contributed by atoms with Crippen LogP contribution in [0.4, 0.5) is 0 Å². The number of nitrogens with zero attached hydrogens (tertiary/aromatic N) is 1. The smallest absolute Gasteiger partial charge is 0.295 e. The molecule has 1 saturated heterocycles. The number of aryl methyl sites for hydroxylation is 1. The van der Waals surface area contributed by atoms with Crippen LogP contribution < -0.4 is 14.2 Å². The van der Waals surface area contributed by atoms with Crippen LogP contribution >= 0.6 is 0 Å². The van der Waals surface area contributed by atoms with Gasteiger partial charge >= 0.3 is 0 Å². The van der Waals surface area contributed by atoms with Gasteiger partial charge in [-0.15, -0.1) is 0 Å². The fraction of sp³-hybridized carbons (Fsp3) is 0.267. The fourth-order valence-electron chi connectivity index (χ4n) is 4.42. The molecule has 1 aliphatic heterocycles. The number of carbonyl (C=O) groups excluding carboxylic acids is 2. The van der Waals surface area contributed by atoms with Crippen molar-refractivity contribution in [3.05, 3.63) is 94.6 Å². The number of methoxy groups -OCH3 is 3. The molecule has 4 rings (SSSR count). The van der Waals surface area contributed by atoms with E-state index in [1.807, 2.05) is 37.3 Å². The molecule has 1 N–H and O–H groups in total. The van der Waals surface area contributed by atoms with E-state index in [9.17, 15) is 14.7 Å². The maximum Gasteiger partial charge on any atom is 0.295 e. The van der Waals surface area contributed by atoms with Crippen molar-refractivity contribution in [2.24, 2.45) is 0 Å². The Bertz CT molecular complexity index is 1350. The summed E-state index contributed by atoms with van der Waals surface area (Å²) >= 11 is 0. The number of hydrogen-bond acceptors (Lipinski definition) is 7. The summed E-state index contributed by atoms with van der Waals surface area (Å²) in [6.45, 7) is 2.76. The van der Waals surface area contributed by atoms with Crippen LogP contribution in [0.1, 0.15) is 28.3 Å². The third-order valence-electron chi connectivity index (χ3n) is 6.44. The highest BCUT2D eigenvalue weighted by molar-refractivity contribution is 6.46. The Morgan fingerprint density at radius 2 is 1.68 bits per heavy atom. The monoisotopic (exact) mass is 517 g/mol. The van der Waals surface area contributed by atoms with Crippen LogP contribution in [-0.4, -0.2) is 56.2 Å². The number of ketones is 1. The average Bonchev–Trinajstić information content (AvgIpc) is 3.20. The molecule has 38 heavy (non-hydrogen) atoms. The first kappa shape index (κ1) is 26.8. The van der Waals surface area contributed by atoms with Gasteiger partial charge in [-0.2, -0.15) is 0 Å². The molecule has 0 saturated carbocycles. The Morgan fingerprint density at radius 1 is 0.921 bits per heavy atom. The Hall–Kier alpha value is -4.30. The van der Waals surface area contributed by atoms with Crippen molar-refractivity contribution in [2.75, 3.05) is 34.5 Å². The lowest BCUT2D eigenvalue weighted by atomic mass is 9.94. The maximum absolute atomic E-state index is 13.3. The molecule has 1 fully saturated rings. The summed E-state index contributed by atoms with van der Waals surface area (Å²) < 4.78 is 21.9. The number of likely N-dealkylation sites (tertiary alicyclic amines) is 1. The molecule has 3 aromatic carbocycles. The van der Waals surface area contributed by atoms with Gasteiger partial charge in [0.1, 0.15) is 29.6 Å². The second-order valence-corrected chi connectivity index (χ2v) is 8.90. The third-order valence-corrected chi connectivity index (χ3v) is 6.44. The summed E-state index contributed by atoms with van der Waals surface area (Å²) in [6, 6.07) is 19.2. The van der Waals surface area contributed by atoms with Crippen molar-refractivity contribution in [1.82, 2.24) is 4.90 Å². The molecule has 0 spiro atoms. The number of carbonyl (C=O) groups is 2. The highest BCUT2D eigenvalue weighted by Gasteiger charge is 2.46. The molecule has 1 aliphatic rings. The molecule has 8 heteroatoms. The topological polar surface area (TPSA) is 94.5 Å². The summed E-state index contributed by atoms with van der Waals surface area (Å²) in [5.41, 5.74) is 2.98. The lowest BCUT2D eigenvalue weighted by Crippen LogP contribution is -2.32. The lowest BCUT2D eigenvalue weighted by molar-refractivity contribution is -0.140. The van der Waals surface area contributed by atoms with Gasteiger partial charge in [0.25, 0.3) is 11.7 Å². The van der Waals surface area contributed by atoms with Crippen LogP contribution in [0.3, 0.4) is 0 Å². The van der Waals surface area contributed by atoms with E-state index in [-0.39, 0.29) is 30.0 Å². The zero-order valence-corrected chi connectivity index (χ0v) is 21.9. The molecule has 1 atom stereocenters. The number of amides is 1. The number of aliphatic hydroxyl groups excluding tert-OH is 1. The molecule has 0 radical (unpaired) electrons. The zero-order chi connectivity index (χ0) is 27.2. The van der Waals surface area contributed by atoms with Gasteiger partial charge in [-0.25, -0.2) is 0 Å². The van der Waals surface area contributed by atoms with Gasteiger partial charge < -0.3 is 29.0 Å². The fourth-order valence-corrected chi connectivity index (χ4v) is 4.42. The first-order valence-electron chi connectivity index (χ1n) is 12.2. The van der Waals surface area contributed by atoms with Gasteiger partial charge in [0, 0.05) is 13.7 Å². The zero-order valence-electron chi connectivity index (χ0n) is 21.9. The molecule has 1 unspecified atom stereocenters. The second-order valence-electron chi connectivity index (χ2n) is 8.90. The molecule has 1 heterocycles. The van der Waals surface area contributed by atoms with Crippen LogP contribution in [0.5, 0.6) is 17.2 Å². The van der Waals surface area contributed by atoms with E-state index >= 15 is 0 Å². The highest BCUT2D eigenvalue weighted by Crippen LogP contribution is 2.42. The predicted molar refractivity (Wildman–Crippen MR) is 142 cm³/mol. The third kappa shape index (κ3) is 5.50. The SMILES string of the molecule is COCCN1C(=O)C(=O)/C(=C(/O)c2cc(OC)ccc2OC)C1c1cccc(OCc2ccc(C)cc2)c1. The summed E-state index contributed by atoms with van der Waals surface area (Å²) in [5.74, 6) is -0.500. The molecule has 0 bridgehead atoms. The van der Waals surface area contributed by atoms with Crippen LogP contribution in [0.15, 0.2) is 72.3 Å². The summed E-state index contributed by atoms with van der Waals surface area (Å²) in [7, 11) is 4.48. The van der Waals surface area contributed by atoms with Gasteiger partial charge in [-0.05, 0) is 48.4 Å². The first-order valence-corrected chi connectivity index (χ1v) is 12.2. The molecular formula is C30H31NO7. The minimum Gasteiger partial charge on any atom is -0.507 e. The number of aliphatic hydroxyl groups is 1. The molecular weight excluding hydrogens is 486 g/mol. The summed E-state index contributed by atoms with van der Waals surface area (Å²) in [5, 5.41) is 11.4. The van der Waals surface area contributed by atoms with Crippen molar-refractivity contribution < 1.29 is 33.6 Å². The quantitative estimate of drug-likeness (QED) is 0.237. The van der Waals surface area contributed by atoms with Gasteiger partial charge in [-0.3, -0.25) is 9.59 Å². The molecule has 0 aromatic heterocycles. The minimum atomic E-state index is -0.857. The Morgan fingerprint density at radius 3 is 2.37 bits per heavy atom. The summed E-state index contributed by atoms with van der Waals surface area (Å²) in [6.07, 6.45) is 0. The van der Waals surface area contributed by atoms with Gasteiger partial charge in [0.05, 0.1) is 38.0 Å². The van der Waals surface area contributed by atoms with E-state index in [0.717, 1.165) is 11.1 Å². The van der Waals surface area contributed by atoms with Crippen LogP contribution in [0.25, 0.3) is 5.76 Å². The molecule has 8 nitrogen and oxygen atoms in total. The van der Waals surface area contributed by atoms with Crippen LogP contribution in [-0.2, 0) is 20.9 Å². The van der Waals surface area contributed by atoms with Crippen molar-refractivity contribution in [3.8, 4) is 17.2 Å². The first-order chi connectivity index (χ1) is 18.4. The number of hydrogen-bond donors (Lipinski definition) is 1. The van der Waals surface area contributed by atoms with Gasteiger partial charge in [0.15, 0.2) is 0 Å². The van der Waals surface area contributed by atoms with E-state index in [2.05, 4.69) is 0 Å². The number of ether oxygens (including phenoxy) is 4. The van der Waals surface area contributed by atoms with Crippen LogP contribution in [0.2, 0.25) is 0 Å². The molecule has 1 amide bonds. The normalized spacial score (nSPS) is 16.5.